The zero-order valence-corrected chi connectivity index (χ0v) is 21.8. The number of rotatable bonds is 8. The van der Waals surface area contributed by atoms with Crippen molar-refractivity contribution < 1.29 is 31.1 Å². The van der Waals surface area contributed by atoms with Gasteiger partial charge in [0.15, 0.2) is 0 Å². The summed E-state index contributed by atoms with van der Waals surface area (Å²) < 4.78 is 65.0. The lowest BCUT2D eigenvalue weighted by molar-refractivity contribution is 0.0729. The van der Waals surface area contributed by atoms with Gasteiger partial charge < -0.3 is 14.8 Å². The van der Waals surface area contributed by atoms with Crippen LogP contribution in [0.3, 0.4) is 0 Å². The van der Waals surface area contributed by atoms with Crippen LogP contribution in [0.4, 0.5) is 5.69 Å². The molecule has 2 fully saturated rings. The highest BCUT2D eigenvalue weighted by atomic mass is 32.2. The lowest BCUT2D eigenvalue weighted by Gasteiger charge is -2.26. The number of hydrogen-bond donors (Lipinski definition) is 1. The largest absolute Gasteiger partial charge is 0.495 e. The number of hydrogen-bond acceptors (Lipinski definition) is 7. The summed E-state index contributed by atoms with van der Waals surface area (Å²) in [7, 11) is -5.86. The Labute approximate surface area is 212 Å². The van der Waals surface area contributed by atoms with Crippen LogP contribution in [0.25, 0.3) is 0 Å². The van der Waals surface area contributed by atoms with Crippen LogP contribution in [-0.2, 0) is 30.5 Å². The molecule has 36 heavy (non-hydrogen) atoms. The molecular weight excluding hydrogens is 506 g/mol. The van der Waals surface area contributed by atoms with E-state index in [9.17, 15) is 21.6 Å². The lowest BCUT2D eigenvalue weighted by atomic mass is 10.1. The zero-order valence-electron chi connectivity index (χ0n) is 20.2. The van der Waals surface area contributed by atoms with E-state index in [1.54, 1.807) is 30.3 Å². The van der Waals surface area contributed by atoms with Crippen LogP contribution >= 0.6 is 0 Å². The van der Waals surface area contributed by atoms with Crippen molar-refractivity contribution in [1.29, 1.82) is 0 Å². The Morgan fingerprint density at radius 3 is 2.22 bits per heavy atom. The van der Waals surface area contributed by atoms with Gasteiger partial charge in [-0.3, -0.25) is 4.79 Å². The molecule has 196 valence electrons. The van der Waals surface area contributed by atoms with Crippen molar-refractivity contribution in [2.24, 2.45) is 0 Å². The van der Waals surface area contributed by atoms with E-state index in [-0.39, 0.29) is 29.5 Å². The molecule has 0 spiro atoms. The van der Waals surface area contributed by atoms with E-state index >= 15 is 0 Å². The topological polar surface area (TPSA) is 122 Å². The Morgan fingerprint density at radius 2 is 1.58 bits per heavy atom. The fourth-order valence-corrected chi connectivity index (χ4v) is 7.48. The molecule has 2 saturated heterocycles. The number of piperidine rings is 1. The quantitative estimate of drug-likeness (QED) is 0.548. The van der Waals surface area contributed by atoms with Crippen molar-refractivity contribution in [2.45, 2.75) is 29.9 Å². The molecule has 2 heterocycles. The van der Waals surface area contributed by atoms with Crippen LogP contribution < -0.4 is 10.1 Å². The predicted octanol–water partition coefficient (Wildman–Crippen LogP) is 2.28. The molecule has 0 aromatic heterocycles. The predicted molar refractivity (Wildman–Crippen MR) is 135 cm³/mol. The first kappa shape index (κ1) is 26.6. The molecule has 0 atom stereocenters. The molecule has 10 nitrogen and oxygen atoms in total. The summed E-state index contributed by atoms with van der Waals surface area (Å²) in [5, 5.41) is 2.72. The van der Waals surface area contributed by atoms with Crippen molar-refractivity contribution in [3.63, 3.8) is 0 Å². The number of amides is 1. The Kier molecular flexibility index (Phi) is 8.30. The molecule has 4 rings (SSSR count). The highest BCUT2D eigenvalue weighted by Crippen LogP contribution is 2.30. The molecule has 0 radical (unpaired) electrons. The van der Waals surface area contributed by atoms with Crippen LogP contribution in [0, 0.1) is 0 Å². The molecule has 12 heteroatoms. The number of morpholine rings is 1. The summed E-state index contributed by atoms with van der Waals surface area (Å²) in [6.07, 6.45) is 2.79. The summed E-state index contributed by atoms with van der Waals surface area (Å²) >= 11 is 0. The first-order chi connectivity index (χ1) is 17.2. The minimum atomic E-state index is -3.84. The maximum Gasteiger partial charge on any atom is 0.255 e. The summed E-state index contributed by atoms with van der Waals surface area (Å²) in [6, 6.07) is 10.8. The minimum absolute atomic E-state index is 0.0389. The molecule has 2 aromatic rings. The van der Waals surface area contributed by atoms with Gasteiger partial charge in [-0.15, -0.1) is 0 Å². The number of sulfonamides is 2. The van der Waals surface area contributed by atoms with Gasteiger partial charge in [-0.25, -0.2) is 21.1 Å². The van der Waals surface area contributed by atoms with Gasteiger partial charge in [0.05, 0.1) is 26.1 Å². The smallest absolute Gasteiger partial charge is 0.255 e. The molecule has 2 aliphatic rings. The maximum absolute atomic E-state index is 13.2. The molecular formula is C24H31N3O7S2. The SMILES string of the molecule is COc1ccc(NC(=O)c2ccc(CS(=O)(=O)N3CCCCC3)cc2)cc1S(=O)(=O)N1CCOCC1. The number of anilines is 1. The molecule has 0 aliphatic carbocycles. The summed E-state index contributed by atoms with van der Waals surface area (Å²) in [4.78, 5) is 12.8. The van der Waals surface area contributed by atoms with Gasteiger partial charge >= 0.3 is 0 Å². The van der Waals surface area contributed by atoms with Crippen molar-refractivity contribution in [1.82, 2.24) is 8.61 Å². The maximum atomic E-state index is 13.2. The van der Waals surface area contributed by atoms with E-state index in [1.165, 1.54) is 27.9 Å². The number of benzene rings is 2. The fraction of sp³-hybridized carbons (Fsp3) is 0.458. The van der Waals surface area contributed by atoms with Gasteiger partial charge in [0.1, 0.15) is 10.6 Å². The zero-order chi connectivity index (χ0) is 25.8. The lowest BCUT2D eigenvalue weighted by Crippen LogP contribution is -2.40. The molecule has 2 aromatic carbocycles. The van der Waals surface area contributed by atoms with Crippen molar-refractivity contribution in [3.05, 3.63) is 53.6 Å². The number of nitrogens with zero attached hydrogens (tertiary/aromatic N) is 2. The van der Waals surface area contributed by atoms with E-state index in [0.29, 0.717) is 43.1 Å². The second kappa shape index (κ2) is 11.3. The number of nitrogens with one attached hydrogen (secondary N) is 1. The summed E-state index contributed by atoms with van der Waals surface area (Å²) in [6.45, 7) is 2.20. The van der Waals surface area contributed by atoms with E-state index in [2.05, 4.69) is 5.32 Å². The minimum Gasteiger partial charge on any atom is -0.495 e. The second-order valence-corrected chi connectivity index (χ2v) is 12.6. The Bertz CT molecular complexity index is 1280. The Balaban J connectivity index is 1.47. The Hall–Kier alpha value is -2.51. The van der Waals surface area contributed by atoms with E-state index in [0.717, 1.165) is 19.3 Å². The molecule has 1 N–H and O–H groups in total. The summed E-state index contributed by atoms with van der Waals surface area (Å²) in [5.41, 5.74) is 1.22. The number of ether oxygens (including phenoxy) is 2. The fourth-order valence-electron chi connectivity index (χ4n) is 4.28. The monoisotopic (exact) mass is 537 g/mol. The van der Waals surface area contributed by atoms with Crippen molar-refractivity contribution >= 4 is 31.6 Å². The number of carbonyl (C=O) groups is 1. The number of carbonyl (C=O) groups excluding carboxylic acids is 1. The average Bonchev–Trinajstić information content (AvgIpc) is 2.90. The van der Waals surface area contributed by atoms with Gasteiger partial charge in [0.25, 0.3) is 5.91 Å². The van der Waals surface area contributed by atoms with Gasteiger partial charge in [0, 0.05) is 37.4 Å². The van der Waals surface area contributed by atoms with Crippen LogP contribution in [0.5, 0.6) is 5.75 Å². The van der Waals surface area contributed by atoms with Crippen LogP contribution in [-0.4, -0.2) is 77.9 Å². The first-order valence-corrected chi connectivity index (χ1v) is 14.9. The van der Waals surface area contributed by atoms with E-state index in [4.69, 9.17) is 9.47 Å². The third kappa shape index (κ3) is 6.06. The van der Waals surface area contributed by atoms with E-state index in [1.807, 2.05) is 0 Å². The Morgan fingerprint density at radius 1 is 0.917 bits per heavy atom. The molecule has 0 bridgehead atoms. The van der Waals surface area contributed by atoms with Crippen molar-refractivity contribution in [2.75, 3.05) is 51.8 Å². The van der Waals surface area contributed by atoms with Gasteiger partial charge in [-0.05, 0) is 48.7 Å². The van der Waals surface area contributed by atoms with Gasteiger partial charge in [-0.1, -0.05) is 18.6 Å². The van der Waals surface area contributed by atoms with Crippen LogP contribution in [0.1, 0.15) is 35.2 Å². The van der Waals surface area contributed by atoms with Crippen LogP contribution in [0.15, 0.2) is 47.4 Å². The second-order valence-electron chi connectivity index (χ2n) is 8.75. The highest BCUT2D eigenvalue weighted by molar-refractivity contribution is 7.89. The molecule has 0 saturated carbocycles. The van der Waals surface area contributed by atoms with E-state index < -0.39 is 26.0 Å². The first-order valence-electron chi connectivity index (χ1n) is 11.8. The average molecular weight is 538 g/mol. The third-order valence-electron chi connectivity index (χ3n) is 6.28. The van der Waals surface area contributed by atoms with Gasteiger partial charge in [-0.2, -0.15) is 4.31 Å². The molecule has 2 aliphatic heterocycles. The van der Waals surface area contributed by atoms with Gasteiger partial charge in [0.2, 0.25) is 20.0 Å². The number of methoxy groups -OCH3 is 1. The highest BCUT2D eigenvalue weighted by Gasteiger charge is 2.30. The van der Waals surface area contributed by atoms with Crippen molar-refractivity contribution in [3.8, 4) is 5.75 Å². The normalized spacial score (nSPS) is 18.0. The molecule has 0 unspecified atom stereocenters. The summed E-state index contributed by atoms with van der Waals surface area (Å²) in [5.74, 6) is -0.380. The standard InChI is InChI=1S/C24H31N3O7S2/c1-33-22-10-9-21(17-23(22)36(31,32)27-13-15-34-16-14-27)25-24(28)20-7-5-19(6-8-20)18-35(29,30)26-11-3-2-4-12-26/h5-10,17H,2-4,11-16,18H2,1H3,(H,25,28). The van der Waals surface area contributed by atoms with Crippen LogP contribution in [0.2, 0.25) is 0 Å². The molecule has 1 amide bonds. The third-order valence-corrected chi connectivity index (χ3v) is 10.1.